The standard InChI is InChI=1S/C13H13F4NO2/c14-11-2-1-8(5-10(11)13(15,16)17)6-18-4-3-9(7-18)12(19)20/h1-2,5,9H,3-4,6-7H2,(H,19,20). The van der Waals surface area contributed by atoms with Gasteiger partial charge in [0.05, 0.1) is 11.5 Å². The monoisotopic (exact) mass is 291 g/mol. The lowest BCUT2D eigenvalue weighted by Gasteiger charge is -2.16. The molecule has 0 bridgehead atoms. The summed E-state index contributed by atoms with van der Waals surface area (Å²) in [7, 11) is 0. The largest absolute Gasteiger partial charge is 0.481 e. The number of halogens is 4. The average Bonchev–Trinajstić information content (AvgIpc) is 2.79. The summed E-state index contributed by atoms with van der Waals surface area (Å²) in [5.74, 6) is -2.69. The molecule has 110 valence electrons. The zero-order valence-electron chi connectivity index (χ0n) is 10.5. The molecule has 1 aromatic rings. The minimum Gasteiger partial charge on any atom is -0.481 e. The molecule has 7 heteroatoms. The van der Waals surface area contributed by atoms with E-state index in [-0.39, 0.29) is 6.54 Å². The van der Waals surface area contributed by atoms with E-state index in [9.17, 15) is 22.4 Å². The highest BCUT2D eigenvalue weighted by Gasteiger charge is 2.34. The van der Waals surface area contributed by atoms with Crippen LogP contribution in [0.15, 0.2) is 18.2 Å². The van der Waals surface area contributed by atoms with Crippen molar-refractivity contribution in [2.45, 2.75) is 19.1 Å². The minimum absolute atomic E-state index is 0.188. The van der Waals surface area contributed by atoms with Crippen molar-refractivity contribution in [1.82, 2.24) is 4.90 Å². The van der Waals surface area contributed by atoms with Crippen molar-refractivity contribution in [2.24, 2.45) is 5.92 Å². The lowest BCUT2D eigenvalue weighted by Crippen LogP contribution is -2.23. The van der Waals surface area contributed by atoms with Crippen molar-refractivity contribution in [1.29, 1.82) is 0 Å². The molecule has 1 N–H and O–H groups in total. The number of rotatable bonds is 3. The smallest absolute Gasteiger partial charge is 0.419 e. The Hall–Kier alpha value is -1.63. The van der Waals surface area contributed by atoms with E-state index in [2.05, 4.69) is 0 Å². The topological polar surface area (TPSA) is 40.5 Å². The fourth-order valence-electron chi connectivity index (χ4n) is 2.32. The van der Waals surface area contributed by atoms with Crippen LogP contribution in [0.1, 0.15) is 17.5 Å². The van der Waals surface area contributed by atoms with Crippen molar-refractivity contribution in [3.05, 3.63) is 35.1 Å². The van der Waals surface area contributed by atoms with E-state index in [0.29, 0.717) is 25.1 Å². The molecule has 0 saturated carbocycles. The first-order valence-corrected chi connectivity index (χ1v) is 6.08. The number of hydrogen-bond acceptors (Lipinski definition) is 2. The molecule has 1 aliphatic rings. The van der Waals surface area contributed by atoms with Crippen LogP contribution in [0.4, 0.5) is 17.6 Å². The van der Waals surface area contributed by atoms with E-state index in [0.717, 1.165) is 12.1 Å². The molecule has 2 rings (SSSR count). The molecule has 0 spiro atoms. The van der Waals surface area contributed by atoms with Crippen LogP contribution in [0.25, 0.3) is 0 Å². The molecule has 1 heterocycles. The van der Waals surface area contributed by atoms with E-state index in [1.54, 1.807) is 4.90 Å². The second-order valence-electron chi connectivity index (χ2n) is 4.87. The summed E-state index contributed by atoms with van der Waals surface area (Å²) in [6, 6.07) is 2.87. The third-order valence-corrected chi connectivity index (χ3v) is 3.36. The Balaban J connectivity index is 2.10. The van der Waals surface area contributed by atoms with Crippen molar-refractivity contribution >= 4 is 5.97 Å². The zero-order valence-corrected chi connectivity index (χ0v) is 10.5. The summed E-state index contributed by atoms with van der Waals surface area (Å²) in [6.07, 6.45) is -4.25. The molecule has 1 atom stereocenters. The van der Waals surface area contributed by atoms with Gasteiger partial charge in [0.25, 0.3) is 0 Å². The molecule has 1 aliphatic heterocycles. The van der Waals surface area contributed by atoms with Crippen LogP contribution in [-0.4, -0.2) is 29.1 Å². The second kappa shape index (κ2) is 5.40. The minimum atomic E-state index is -4.73. The summed E-state index contributed by atoms with van der Waals surface area (Å²) in [5.41, 5.74) is -0.964. The van der Waals surface area contributed by atoms with E-state index in [1.807, 2.05) is 0 Å². The fourth-order valence-corrected chi connectivity index (χ4v) is 2.32. The summed E-state index contributed by atoms with van der Waals surface area (Å²) in [5, 5.41) is 8.86. The predicted molar refractivity (Wildman–Crippen MR) is 62.4 cm³/mol. The highest BCUT2D eigenvalue weighted by atomic mass is 19.4. The maximum atomic E-state index is 13.1. The first-order chi connectivity index (χ1) is 9.27. The Labute approximate surface area is 112 Å². The van der Waals surface area contributed by atoms with Gasteiger partial charge in [0.2, 0.25) is 0 Å². The summed E-state index contributed by atoms with van der Waals surface area (Å²) >= 11 is 0. The Kier molecular flexibility index (Phi) is 3.99. The van der Waals surface area contributed by atoms with Gasteiger partial charge in [0.1, 0.15) is 5.82 Å². The lowest BCUT2D eigenvalue weighted by molar-refractivity contribution is -0.141. The molecule has 1 saturated heterocycles. The summed E-state index contributed by atoms with van der Waals surface area (Å²) in [4.78, 5) is 12.6. The number of aliphatic carboxylic acids is 1. The van der Waals surface area contributed by atoms with E-state index in [4.69, 9.17) is 5.11 Å². The number of carboxylic acid groups (broad SMARTS) is 1. The maximum absolute atomic E-state index is 13.1. The third-order valence-electron chi connectivity index (χ3n) is 3.36. The van der Waals surface area contributed by atoms with Crippen LogP contribution in [0.3, 0.4) is 0 Å². The number of nitrogens with zero attached hydrogens (tertiary/aromatic N) is 1. The molecule has 0 radical (unpaired) electrons. The van der Waals surface area contributed by atoms with E-state index in [1.165, 1.54) is 6.07 Å². The van der Waals surface area contributed by atoms with Gasteiger partial charge in [0, 0.05) is 13.1 Å². The number of carbonyl (C=O) groups is 1. The molecule has 0 aromatic heterocycles. The van der Waals surface area contributed by atoms with Gasteiger partial charge in [-0.2, -0.15) is 13.2 Å². The molecule has 3 nitrogen and oxygen atoms in total. The van der Waals surface area contributed by atoms with Crippen LogP contribution >= 0.6 is 0 Å². The van der Waals surface area contributed by atoms with Crippen LogP contribution in [-0.2, 0) is 17.5 Å². The van der Waals surface area contributed by atoms with Crippen molar-refractivity contribution in [3.8, 4) is 0 Å². The van der Waals surface area contributed by atoms with Gasteiger partial charge in [-0.05, 0) is 30.7 Å². The lowest BCUT2D eigenvalue weighted by atomic mass is 10.1. The molecular weight excluding hydrogens is 278 g/mol. The van der Waals surface area contributed by atoms with Crippen LogP contribution in [0, 0.1) is 11.7 Å². The van der Waals surface area contributed by atoms with E-state index >= 15 is 0 Å². The quantitative estimate of drug-likeness (QED) is 0.871. The van der Waals surface area contributed by atoms with Gasteiger partial charge in [0.15, 0.2) is 0 Å². The average molecular weight is 291 g/mol. The molecule has 20 heavy (non-hydrogen) atoms. The highest BCUT2D eigenvalue weighted by Crippen LogP contribution is 2.32. The third kappa shape index (κ3) is 3.27. The zero-order chi connectivity index (χ0) is 14.9. The van der Waals surface area contributed by atoms with Gasteiger partial charge in [-0.3, -0.25) is 9.69 Å². The molecule has 1 unspecified atom stereocenters. The molecular formula is C13H13F4NO2. The molecule has 1 aromatic carbocycles. The second-order valence-corrected chi connectivity index (χ2v) is 4.87. The fraction of sp³-hybridized carbons (Fsp3) is 0.462. The SMILES string of the molecule is O=C(O)C1CCN(Cc2ccc(F)c(C(F)(F)F)c2)C1. The van der Waals surface area contributed by atoms with Gasteiger partial charge >= 0.3 is 12.1 Å². The number of carboxylic acids is 1. The predicted octanol–water partition coefficient (Wildman–Crippen LogP) is 2.75. The van der Waals surface area contributed by atoms with Gasteiger partial charge < -0.3 is 5.11 Å². The highest BCUT2D eigenvalue weighted by molar-refractivity contribution is 5.70. The number of benzene rings is 1. The Morgan fingerprint density at radius 2 is 2.10 bits per heavy atom. The molecule has 0 aliphatic carbocycles. The van der Waals surface area contributed by atoms with Crippen LogP contribution in [0.2, 0.25) is 0 Å². The summed E-state index contributed by atoms with van der Waals surface area (Å²) < 4.78 is 50.9. The molecule has 0 amide bonds. The van der Waals surface area contributed by atoms with Crippen molar-refractivity contribution in [3.63, 3.8) is 0 Å². The Morgan fingerprint density at radius 3 is 2.65 bits per heavy atom. The van der Waals surface area contributed by atoms with Gasteiger partial charge in [-0.15, -0.1) is 0 Å². The summed E-state index contributed by atoms with van der Waals surface area (Å²) in [6.45, 7) is 0.997. The number of likely N-dealkylation sites (tertiary alicyclic amines) is 1. The van der Waals surface area contributed by atoms with Gasteiger partial charge in [-0.25, -0.2) is 4.39 Å². The first kappa shape index (κ1) is 14.8. The first-order valence-electron chi connectivity index (χ1n) is 6.08. The maximum Gasteiger partial charge on any atom is 0.419 e. The van der Waals surface area contributed by atoms with Crippen molar-refractivity contribution < 1.29 is 27.5 Å². The number of alkyl halides is 3. The van der Waals surface area contributed by atoms with Crippen LogP contribution < -0.4 is 0 Å². The van der Waals surface area contributed by atoms with Crippen molar-refractivity contribution in [2.75, 3.05) is 13.1 Å². The normalized spacial score (nSPS) is 20.3. The molecule has 1 fully saturated rings. The Bertz CT molecular complexity index is 516. The van der Waals surface area contributed by atoms with E-state index < -0.39 is 29.4 Å². The Morgan fingerprint density at radius 1 is 1.40 bits per heavy atom. The van der Waals surface area contributed by atoms with Gasteiger partial charge in [-0.1, -0.05) is 6.07 Å². The van der Waals surface area contributed by atoms with Crippen LogP contribution in [0.5, 0.6) is 0 Å². The number of hydrogen-bond donors (Lipinski definition) is 1.